The predicted octanol–water partition coefficient (Wildman–Crippen LogP) is 5.43. The highest BCUT2D eigenvalue weighted by Gasteiger charge is 2.13. The van der Waals surface area contributed by atoms with Gasteiger partial charge in [-0.15, -0.1) is 10.2 Å². The van der Waals surface area contributed by atoms with Crippen LogP contribution in [-0.2, 0) is 11.4 Å². The number of anilines is 1. The molecule has 0 saturated heterocycles. The minimum atomic E-state index is -0.121. The molecule has 0 aliphatic rings. The summed E-state index contributed by atoms with van der Waals surface area (Å²) in [4.78, 5) is 12.2. The van der Waals surface area contributed by atoms with Crippen molar-refractivity contribution in [3.63, 3.8) is 0 Å². The molecule has 30 heavy (non-hydrogen) atoms. The van der Waals surface area contributed by atoms with Gasteiger partial charge in [-0.2, -0.15) is 0 Å². The Morgan fingerprint density at radius 3 is 2.57 bits per heavy atom. The van der Waals surface area contributed by atoms with Crippen LogP contribution in [0.5, 0.6) is 5.75 Å². The minimum absolute atomic E-state index is 0.121. The van der Waals surface area contributed by atoms with Crippen molar-refractivity contribution in [1.29, 1.82) is 0 Å². The molecular formula is C23H27N3O3S. The zero-order valence-electron chi connectivity index (χ0n) is 18.0. The number of hydrogen-bond acceptors (Lipinski definition) is 6. The van der Waals surface area contributed by atoms with E-state index in [9.17, 15) is 4.79 Å². The molecule has 0 aliphatic heterocycles. The van der Waals surface area contributed by atoms with Crippen molar-refractivity contribution in [3.8, 4) is 5.75 Å². The SMILES string of the molecule is Cc1ccc(NC(=O)CSc2nnc(COc3cc(C)ccc3C(C)C)o2)c(C)c1. The molecule has 0 atom stereocenters. The first-order chi connectivity index (χ1) is 14.3. The third-order valence-electron chi connectivity index (χ3n) is 4.57. The minimum Gasteiger partial charge on any atom is -0.484 e. The number of nitrogens with zero attached hydrogens (tertiary/aromatic N) is 2. The first-order valence-electron chi connectivity index (χ1n) is 9.87. The summed E-state index contributed by atoms with van der Waals surface area (Å²) >= 11 is 1.20. The van der Waals surface area contributed by atoms with Gasteiger partial charge in [0.1, 0.15) is 5.75 Å². The lowest BCUT2D eigenvalue weighted by Crippen LogP contribution is -2.14. The number of amides is 1. The smallest absolute Gasteiger partial charge is 0.277 e. The Morgan fingerprint density at radius 1 is 1.10 bits per heavy atom. The number of carbonyl (C=O) groups is 1. The maximum Gasteiger partial charge on any atom is 0.277 e. The highest BCUT2D eigenvalue weighted by Crippen LogP contribution is 2.28. The fourth-order valence-corrected chi connectivity index (χ4v) is 3.59. The normalized spacial score (nSPS) is 11.0. The van der Waals surface area contributed by atoms with Crippen LogP contribution in [-0.4, -0.2) is 21.9 Å². The van der Waals surface area contributed by atoms with E-state index in [1.807, 2.05) is 45.0 Å². The number of thioether (sulfide) groups is 1. The molecule has 0 radical (unpaired) electrons. The van der Waals surface area contributed by atoms with E-state index in [-0.39, 0.29) is 18.3 Å². The van der Waals surface area contributed by atoms with E-state index in [1.165, 1.54) is 11.8 Å². The summed E-state index contributed by atoms with van der Waals surface area (Å²) in [6, 6.07) is 12.1. The zero-order valence-corrected chi connectivity index (χ0v) is 18.8. The van der Waals surface area contributed by atoms with Crippen LogP contribution >= 0.6 is 11.8 Å². The summed E-state index contributed by atoms with van der Waals surface area (Å²) in [6.45, 7) is 10.5. The second kappa shape index (κ2) is 9.80. The van der Waals surface area contributed by atoms with Crippen molar-refractivity contribution in [2.24, 2.45) is 0 Å². The molecule has 0 bridgehead atoms. The number of aryl methyl sites for hydroxylation is 3. The number of carbonyl (C=O) groups excluding carboxylic acids is 1. The predicted molar refractivity (Wildman–Crippen MR) is 119 cm³/mol. The Labute approximate surface area is 181 Å². The van der Waals surface area contributed by atoms with Gasteiger partial charge in [0.05, 0.1) is 5.75 Å². The molecule has 1 N–H and O–H groups in total. The summed E-state index contributed by atoms with van der Waals surface area (Å²) < 4.78 is 11.5. The Hall–Kier alpha value is -2.80. The van der Waals surface area contributed by atoms with E-state index in [4.69, 9.17) is 9.15 Å². The third-order valence-corrected chi connectivity index (χ3v) is 5.39. The molecule has 2 aromatic carbocycles. The van der Waals surface area contributed by atoms with Crippen molar-refractivity contribution in [1.82, 2.24) is 10.2 Å². The van der Waals surface area contributed by atoms with Crippen molar-refractivity contribution in [2.45, 2.75) is 52.4 Å². The number of hydrogen-bond donors (Lipinski definition) is 1. The second-order valence-corrected chi connectivity index (χ2v) is 8.53. The lowest BCUT2D eigenvalue weighted by atomic mass is 10.0. The Bertz CT molecular complexity index is 1030. The van der Waals surface area contributed by atoms with Gasteiger partial charge in [-0.05, 0) is 55.5 Å². The number of rotatable bonds is 8. The number of nitrogens with one attached hydrogen (secondary N) is 1. The molecule has 3 aromatic rings. The standard InChI is InChI=1S/C23H27N3O3S/c1-14(2)18-8-6-16(4)11-20(18)28-12-22-25-26-23(29-22)30-13-21(27)24-19-9-7-15(3)10-17(19)5/h6-11,14H,12-13H2,1-5H3,(H,24,27). The molecule has 0 fully saturated rings. The van der Waals surface area contributed by atoms with Crippen LogP contribution in [0.3, 0.4) is 0 Å². The maximum atomic E-state index is 12.2. The summed E-state index contributed by atoms with van der Waals surface area (Å²) in [5, 5.41) is 11.3. The van der Waals surface area contributed by atoms with Gasteiger partial charge in [-0.3, -0.25) is 4.79 Å². The van der Waals surface area contributed by atoms with E-state index in [0.717, 1.165) is 33.7 Å². The van der Waals surface area contributed by atoms with Crippen LogP contribution in [0.15, 0.2) is 46.0 Å². The molecule has 0 spiro atoms. The molecule has 1 amide bonds. The number of benzene rings is 2. The molecule has 0 saturated carbocycles. The molecule has 6 nitrogen and oxygen atoms in total. The summed E-state index contributed by atoms with van der Waals surface area (Å²) in [7, 11) is 0. The van der Waals surface area contributed by atoms with Crippen molar-refractivity contribution >= 4 is 23.4 Å². The first-order valence-corrected chi connectivity index (χ1v) is 10.9. The van der Waals surface area contributed by atoms with Crippen LogP contribution in [0.25, 0.3) is 0 Å². The van der Waals surface area contributed by atoms with Gasteiger partial charge < -0.3 is 14.5 Å². The Kier molecular flexibility index (Phi) is 7.15. The molecule has 1 heterocycles. The lowest BCUT2D eigenvalue weighted by Gasteiger charge is -2.13. The van der Waals surface area contributed by atoms with Crippen LogP contribution in [0.4, 0.5) is 5.69 Å². The molecule has 0 unspecified atom stereocenters. The average molecular weight is 426 g/mol. The van der Waals surface area contributed by atoms with Crippen LogP contribution in [0.1, 0.15) is 47.9 Å². The average Bonchev–Trinajstić information content (AvgIpc) is 3.15. The highest BCUT2D eigenvalue weighted by molar-refractivity contribution is 7.99. The molecule has 3 rings (SSSR count). The number of ether oxygens (including phenoxy) is 1. The largest absolute Gasteiger partial charge is 0.484 e. The Balaban J connectivity index is 1.53. The van der Waals surface area contributed by atoms with E-state index < -0.39 is 0 Å². The zero-order chi connectivity index (χ0) is 21.7. The molecule has 158 valence electrons. The van der Waals surface area contributed by atoms with Crippen LogP contribution < -0.4 is 10.1 Å². The number of aromatic nitrogens is 2. The van der Waals surface area contributed by atoms with Crippen LogP contribution in [0, 0.1) is 20.8 Å². The highest BCUT2D eigenvalue weighted by atomic mass is 32.2. The van der Waals surface area contributed by atoms with Gasteiger partial charge in [0.2, 0.25) is 5.91 Å². The Morgan fingerprint density at radius 2 is 1.83 bits per heavy atom. The van der Waals surface area contributed by atoms with E-state index in [2.05, 4.69) is 41.5 Å². The van der Waals surface area contributed by atoms with Crippen molar-refractivity contribution in [3.05, 3.63) is 64.5 Å². The summed E-state index contributed by atoms with van der Waals surface area (Å²) in [6.07, 6.45) is 0. The van der Waals surface area contributed by atoms with Gasteiger partial charge in [-0.1, -0.05) is 55.4 Å². The molecule has 0 aliphatic carbocycles. The van der Waals surface area contributed by atoms with Gasteiger partial charge >= 0.3 is 0 Å². The second-order valence-electron chi connectivity index (χ2n) is 7.60. The van der Waals surface area contributed by atoms with Gasteiger partial charge in [0.25, 0.3) is 11.1 Å². The van der Waals surface area contributed by atoms with Gasteiger partial charge in [-0.25, -0.2) is 0 Å². The fourth-order valence-electron chi connectivity index (χ4n) is 3.01. The van der Waals surface area contributed by atoms with E-state index in [1.54, 1.807) is 0 Å². The van der Waals surface area contributed by atoms with Crippen molar-refractivity contribution < 1.29 is 13.9 Å². The molecule has 1 aromatic heterocycles. The fraction of sp³-hybridized carbons (Fsp3) is 0.348. The summed E-state index contributed by atoms with van der Waals surface area (Å²) in [5.74, 6) is 1.62. The van der Waals surface area contributed by atoms with E-state index >= 15 is 0 Å². The summed E-state index contributed by atoms with van der Waals surface area (Å²) in [5.41, 5.74) is 5.27. The molecule has 7 heteroatoms. The van der Waals surface area contributed by atoms with Gasteiger partial charge in [0.15, 0.2) is 6.61 Å². The monoisotopic (exact) mass is 425 g/mol. The topological polar surface area (TPSA) is 77.2 Å². The first kappa shape index (κ1) is 21.9. The van der Waals surface area contributed by atoms with E-state index in [0.29, 0.717) is 17.0 Å². The molecular weight excluding hydrogens is 398 g/mol. The lowest BCUT2D eigenvalue weighted by molar-refractivity contribution is -0.113. The van der Waals surface area contributed by atoms with Gasteiger partial charge in [0, 0.05) is 5.69 Å². The third kappa shape index (κ3) is 5.86. The maximum absolute atomic E-state index is 12.2. The van der Waals surface area contributed by atoms with Crippen molar-refractivity contribution in [2.75, 3.05) is 11.1 Å². The van der Waals surface area contributed by atoms with Crippen LogP contribution in [0.2, 0.25) is 0 Å². The quantitative estimate of drug-likeness (QED) is 0.485.